The molecule has 0 atom stereocenters. The van der Waals surface area contributed by atoms with Gasteiger partial charge in [-0.2, -0.15) is 0 Å². The molecular formula is C16H12BrN. The van der Waals surface area contributed by atoms with Crippen molar-refractivity contribution in [3.8, 4) is 11.8 Å². The summed E-state index contributed by atoms with van der Waals surface area (Å²) in [6, 6.07) is 14.7. The first-order valence-corrected chi connectivity index (χ1v) is 7.06. The maximum atomic E-state index is 3.42. The lowest BCUT2D eigenvalue weighted by Gasteiger charge is -1.93. The minimum atomic E-state index is 0.881. The molecule has 88 valence electrons. The maximum absolute atomic E-state index is 3.42. The van der Waals surface area contributed by atoms with Crippen LogP contribution in [0.4, 0.5) is 0 Å². The Morgan fingerprint density at radius 1 is 1.00 bits per heavy atom. The minimum Gasteiger partial charge on any atom is -0.355 e. The molecule has 0 saturated carbocycles. The zero-order valence-corrected chi connectivity index (χ0v) is 11.4. The highest BCUT2D eigenvalue weighted by Gasteiger charge is 2.03. The number of rotatable bonds is 1. The third kappa shape index (κ3) is 2.02. The molecule has 1 heterocycles. The van der Waals surface area contributed by atoms with Crippen molar-refractivity contribution in [3.05, 3.63) is 48.0 Å². The van der Waals surface area contributed by atoms with Gasteiger partial charge in [-0.1, -0.05) is 46.0 Å². The predicted octanol–water partition coefficient (Wildman–Crippen LogP) is 4.46. The van der Waals surface area contributed by atoms with Crippen LogP contribution in [0.2, 0.25) is 0 Å². The number of benzene rings is 2. The third-order valence-electron chi connectivity index (χ3n) is 2.96. The van der Waals surface area contributed by atoms with E-state index in [-0.39, 0.29) is 0 Å². The highest BCUT2D eigenvalue weighted by Crippen LogP contribution is 2.25. The molecular weight excluding hydrogens is 286 g/mol. The molecule has 1 aromatic heterocycles. The minimum absolute atomic E-state index is 0.881. The fourth-order valence-corrected chi connectivity index (χ4v) is 2.34. The van der Waals surface area contributed by atoms with Gasteiger partial charge in [0.2, 0.25) is 0 Å². The Morgan fingerprint density at radius 2 is 1.83 bits per heavy atom. The van der Waals surface area contributed by atoms with Gasteiger partial charge in [-0.15, -0.1) is 0 Å². The average Bonchev–Trinajstić information content (AvgIpc) is 2.77. The molecule has 0 radical (unpaired) electrons. The molecule has 3 aromatic rings. The molecule has 0 unspecified atom stereocenters. The summed E-state index contributed by atoms with van der Waals surface area (Å²) in [5.41, 5.74) is 3.42. The second-order valence-corrected chi connectivity index (χ2v) is 4.96. The van der Waals surface area contributed by atoms with E-state index in [4.69, 9.17) is 0 Å². The molecule has 0 aliphatic rings. The topological polar surface area (TPSA) is 15.8 Å². The lowest BCUT2D eigenvalue weighted by Crippen LogP contribution is -1.75. The number of H-pyrrole nitrogens is 1. The van der Waals surface area contributed by atoms with Crippen LogP contribution in [0.25, 0.3) is 21.8 Å². The fraction of sp³-hybridized carbons (Fsp3) is 0.125. The maximum Gasteiger partial charge on any atom is 0.0465 e. The standard InChI is InChI=1S/C16H12BrN/c17-10-4-3-5-12-8-9-16-14(11-12)13-6-1-2-7-15(13)18-16/h1-2,6-9,11,18H,4,10H2. The molecule has 1 nitrogen and oxygen atoms in total. The Hall–Kier alpha value is -1.72. The van der Waals surface area contributed by atoms with Crippen LogP contribution in [0.5, 0.6) is 0 Å². The van der Waals surface area contributed by atoms with E-state index < -0.39 is 0 Å². The molecule has 0 amide bonds. The van der Waals surface area contributed by atoms with E-state index >= 15 is 0 Å². The number of aromatic amines is 1. The zero-order valence-electron chi connectivity index (χ0n) is 9.83. The molecule has 2 heteroatoms. The molecule has 3 rings (SSSR count). The van der Waals surface area contributed by atoms with Crippen molar-refractivity contribution in [2.45, 2.75) is 6.42 Å². The highest BCUT2D eigenvalue weighted by atomic mass is 79.9. The van der Waals surface area contributed by atoms with Crippen molar-refractivity contribution >= 4 is 37.7 Å². The quantitative estimate of drug-likeness (QED) is 0.504. The van der Waals surface area contributed by atoms with Crippen LogP contribution < -0.4 is 0 Å². The zero-order chi connectivity index (χ0) is 12.4. The van der Waals surface area contributed by atoms with Crippen molar-refractivity contribution in [1.82, 2.24) is 4.98 Å². The van der Waals surface area contributed by atoms with Gasteiger partial charge in [0.25, 0.3) is 0 Å². The summed E-state index contributed by atoms with van der Waals surface area (Å²) in [5, 5.41) is 3.43. The predicted molar refractivity (Wildman–Crippen MR) is 81.1 cm³/mol. The van der Waals surface area contributed by atoms with Gasteiger partial charge in [0, 0.05) is 39.1 Å². The summed E-state index contributed by atoms with van der Waals surface area (Å²) >= 11 is 3.38. The third-order valence-corrected chi connectivity index (χ3v) is 3.35. The number of para-hydroxylation sites is 1. The Kier molecular flexibility index (Phi) is 3.08. The molecule has 0 aliphatic carbocycles. The van der Waals surface area contributed by atoms with Gasteiger partial charge >= 0.3 is 0 Å². The lowest BCUT2D eigenvalue weighted by atomic mass is 10.1. The van der Waals surface area contributed by atoms with E-state index in [0.717, 1.165) is 17.3 Å². The van der Waals surface area contributed by atoms with Gasteiger partial charge < -0.3 is 4.98 Å². The van der Waals surface area contributed by atoms with Crippen molar-refractivity contribution in [1.29, 1.82) is 0 Å². The molecule has 0 aliphatic heterocycles. The van der Waals surface area contributed by atoms with E-state index in [1.807, 2.05) is 0 Å². The van der Waals surface area contributed by atoms with Gasteiger partial charge in [-0.3, -0.25) is 0 Å². The van der Waals surface area contributed by atoms with Crippen LogP contribution in [0.1, 0.15) is 12.0 Å². The first-order valence-electron chi connectivity index (χ1n) is 5.94. The summed E-state index contributed by atoms with van der Waals surface area (Å²) in [6.45, 7) is 0. The fourth-order valence-electron chi connectivity index (χ4n) is 2.14. The van der Waals surface area contributed by atoms with Crippen LogP contribution in [-0.2, 0) is 0 Å². The van der Waals surface area contributed by atoms with Crippen molar-refractivity contribution in [3.63, 3.8) is 0 Å². The largest absolute Gasteiger partial charge is 0.355 e. The van der Waals surface area contributed by atoms with Crippen molar-refractivity contribution in [2.24, 2.45) is 0 Å². The summed E-state index contributed by atoms with van der Waals surface area (Å²) < 4.78 is 0. The monoisotopic (exact) mass is 297 g/mol. The number of fused-ring (bicyclic) bond motifs is 3. The smallest absolute Gasteiger partial charge is 0.0465 e. The summed E-state index contributed by atoms with van der Waals surface area (Å²) in [5.74, 6) is 6.35. The molecule has 0 saturated heterocycles. The molecule has 0 spiro atoms. The molecule has 0 fully saturated rings. The van der Waals surface area contributed by atoms with E-state index in [1.165, 1.54) is 21.8 Å². The summed E-state index contributed by atoms with van der Waals surface area (Å²) in [7, 11) is 0. The van der Waals surface area contributed by atoms with Gasteiger partial charge in [-0.05, 0) is 24.3 Å². The van der Waals surface area contributed by atoms with Gasteiger partial charge in [0.1, 0.15) is 0 Å². The number of hydrogen-bond donors (Lipinski definition) is 1. The number of nitrogens with one attached hydrogen (secondary N) is 1. The SMILES string of the molecule is BrCCC#Cc1ccc2[nH]c3ccccc3c2c1. The second-order valence-electron chi connectivity index (χ2n) is 4.17. The Labute approximate surface area is 114 Å². The van der Waals surface area contributed by atoms with Crippen LogP contribution in [-0.4, -0.2) is 10.3 Å². The van der Waals surface area contributed by atoms with E-state index in [0.29, 0.717) is 0 Å². The number of aromatic nitrogens is 1. The Balaban J connectivity index is 2.16. The van der Waals surface area contributed by atoms with Gasteiger partial charge in [0.15, 0.2) is 0 Å². The van der Waals surface area contributed by atoms with E-state index in [9.17, 15) is 0 Å². The molecule has 2 aromatic carbocycles. The molecule has 1 N–H and O–H groups in total. The molecule has 18 heavy (non-hydrogen) atoms. The first kappa shape index (κ1) is 11.4. The number of alkyl halides is 1. The van der Waals surface area contributed by atoms with E-state index in [1.54, 1.807) is 0 Å². The average molecular weight is 298 g/mol. The van der Waals surface area contributed by atoms with Gasteiger partial charge in [-0.25, -0.2) is 0 Å². The van der Waals surface area contributed by atoms with Gasteiger partial charge in [0.05, 0.1) is 0 Å². The van der Waals surface area contributed by atoms with Crippen molar-refractivity contribution < 1.29 is 0 Å². The Bertz CT molecular complexity index is 759. The summed E-state index contributed by atoms with van der Waals surface area (Å²) in [4.78, 5) is 3.42. The lowest BCUT2D eigenvalue weighted by molar-refractivity contribution is 1.32. The van der Waals surface area contributed by atoms with Crippen LogP contribution in [0, 0.1) is 11.8 Å². The summed E-state index contributed by atoms with van der Waals surface area (Å²) in [6.07, 6.45) is 0.881. The molecule has 0 bridgehead atoms. The van der Waals surface area contributed by atoms with Crippen LogP contribution in [0.15, 0.2) is 42.5 Å². The van der Waals surface area contributed by atoms with Crippen LogP contribution in [0.3, 0.4) is 0 Å². The van der Waals surface area contributed by atoms with E-state index in [2.05, 4.69) is 75.2 Å². The number of hydrogen-bond acceptors (Lipinski definition) is 0. The normalized spacial score (nSPS) is 10.5. The first-order chi connectivity index (χ1) is 8.88. The highest BCUT2D eigenvalue weighted by molar-refractivity contribution is 9.09. The Morgan fingerprint density at radius 3 is 2.72 bits per heavy atom. The second kappa shape index (κ2) is 4.88. The van der Waals surface area contributed by atoms with Crippen molar-refractivity contribution in [2.75, 3.05) is 5.33 Å². The van der Waals surface area contributed by atoms with Crippen LogP contribution >= 0.6 is 15.9 Å². The number of halogens is 1.